The van der Waals surface area contributed by atoms with E-state index in [1.54, 1.807) is 42.5 Å². The number of carbonyl (C=O) groups is 3. The van der Waals surface area contributed by atoms with Gasteiger partial charge in [-0.3, -0.25) is 14.4 Å². The number of benzene rings is 3. The van der Waals surface area contributed by atoms with E-state index in [9.17, 15) is 29.7 Å². The average molecular weight is 649 g/mol. The van der Waals surface area contributed by atoms with Gasteiger partial charge in [-0.15, -0.1) is 0 Å². The van der Waals surface area contributed by atoms with Crippen LogP contribution in [0.25, 0.3) is 6.08 Å². The topological polar surface area (TPSA) is 152 Å². The maximum atomic E-state index is 13.5. The molecule has 3 amide bonds. The van der Waals surface area contributed by atoms with Gasteiger partial charge in [0.05, 0.1) is 16.5 Å². The highest BCUT2D eigenvalue weighted by atomic mass is 35.5. The van der Waals surface area contributed by atoms with Crippen molar-refractivity contribution in [1.29, 1.82) is 5.26 Å². The Morgan fingerprint density at radius 3 is 2.29 bits per heavy atom. The molecule has 0 spiro atoms. The second-order valence-electron chi connectivity index (χ2n) is 11.5. The van der Waals surface area contributed by atoms with E-state index in [0.29, 0.717) is 12.0 Å². The van der Waals surface area contributed by atoms with Gasteiger partial charge in [0.15, 0.2) is 0 Å². The third kappa shape index (κ3) is 11.4. The molecule has 0 aliphatic heterocycles. The lowest BCUT2D eigenvalue weighted by atomic mass is 9.75. The zero-order valence-electron chi connectivity index (χ0n) is 25.2. The molecule has 0 bridgehead atoms. The van der Waals surface area contributed by atoms with E-state index in [2.05, 4.69) is 16.0 Å². The van der Waals surface area contributed by atoms with Crippen LogP contribution in [0.5, 0.6) is 0 Å². The third-order valence-electron chi connectivity index (χ3n) is 6.62. The summed E-state index contributed by atoms with van der Waals surface area (Å²) in [4.78, 5) is 39.3. The fourth-order valence-corrected chi connectivity index (χ4v) is 4.81. The van der Waals surface area contributed by atoms with Gasteiger partial charge in [-0.25, -0.2) is 0 Å². The number of amides is 3. The Labute approximate surface area is 273 Å². The maximum absolute atomic E-state index is 13.5. The summed E-state index contributed by atoms with van der Waals surface area (Å²) in [5.74, 6) is -2.80. The molecule has 1 unspecified atom stereocenters. The van der Waals surface area contributed by atoms with Crippen molar-refractivity contribution >= 4 is 54.1 Å². The third-order valence-corrected chi connectivity index (χ3v) is 7.18. The van der Waals surface area contributed by atoms with Crippen molar-refractivity contribution < 1.29 is 24.4 Å². The molecule has 0 aromatic heterocycles. The summed E-state index contributed by atoms with van der Waals surface area (Å²) >= 11 is 12.3. The van der Waals surface area contributed by atoms with E-state index in [-0.39, 0.29) is 34.0 Å². The summed E-state index contributed by atoms with van der Waals surface area (Å²) in [6.45, 7) is 5.45. The van der Waals surface area contributed by atoms with E-state index in [4.69, 9.17) is 23.2 Å². The van der Waals surface area contributed by atoms with Crippen LogP contribution in [0, 0.1) is 11.3 Å². The number of aryl methyl sites for hydroxylation is 1. The van der Waals surface area contributed by atoms with Crippen LogP contribution in [-0.2, 0) is 22.4 Å². The highest BCUT2D eigenvalue weighted by molar-refractivity contribution is 6.43. The van der Waals surface area contributed by atoms with Gasteiger partial charge in [0.1, 0.15) is 17.7 Å². The molecule has 3 rings (SSSR count). The van der Waals surface area contributed by atoms with Crippen LogP contribution >= 0.6 is 23.2 Å². The molecule has 0 saturated heterocycles. The molecule has 5 N–H and O–H groups in total. The van der Waals surface area contributed by atoms with Crippen LogP contribution in [0.15, 0.2) is 78.4 Å². The summed E-state index contributed by atoms with van der Waals surface area (Å²) in [7, 11) is -1.86. The lowest BCUT2D eigenvalue weighted by molar-refractivity contribution is -0.123. The Morgan fingerprint density at radius 2 is 1.64 bits per heavy atom. The Balaban J connectivity index is 1.84. The lowest BCUT2D eigenvalue weighted by Gasteiger charge is -2.23. The summed E-state index contributed by atoms with van der Waals surface area (Å²) in [6, 6.07) is 21.4. The van der Waals surface area contributed by atoms with Gasteiger partial charge in [-0.1, -0.05) is 77.8 Å². The summed E-state index contributed by atoms with van der Waals surface area (Å²) in [5.41, 5.74) is 1.66. The van der Waals surface area contributed by atoms with Crippen molar-refractivity contribution in [2.24, 2.45) is 0 Å². The van der Waals surface area contributed by atoms with E-state index < -0.39 is 42.4 Å². The molecule has 2 atom stereocenters. The number of hydrogen-bond donors (Lipinski definition) is 5. The number of nitrogens with one attached hydrogen (secondary N) is 3. The predicted molar refractivity (Wildman–Crippen MR) is 176 cm³/mol. The fraction of sp³-hybridized carbons (Fsp3) is 0.273. The van der Waals surface area contributed by atoms with Crippen LogP contribution in [0.3, 0.4) is 0 Å². The first-order valence-electron chi connectivity index (χ1n) is 14.3. The first-order valence-corrected chi connectivity index (χ1v) is 15.0. The van der Waals surface area contributed by atoms with Crippen molar-refractivity contribution in [3.63, 3.8) is 0 Å². The normalized spacial score (nSPS) is 12.8. The molecular formula is C33H35BCl2N4O5. The summed E-state index contributed by atoms with van der Waals surface area (Å²) in [6.07, 6.45) is 2.06. The van der Waals surface area contributed by atoms with Gasteiger partial charge in [-0.05, 0) is 81.0 Å². The number of nitrogens with zero attached hydrogens (tertiary/aromatic N) is 1. The van der Waals surface area contributed by atoms with Gasteiger partial charge >= 0.3 is 7.12 Å². The van der Waals surface area contributed by atoms with Gasteiger partial charge in [0.2, 0.25) is 5.91 Å². The van der Waals surface area contributed by atoms with Crippen LogP contribution in [0.4, 0.5) is 0 Å². The standard InChI is InChI=1S/C33H35BCl2N4O5/c1-33(2,3)40-30(41)24(20-37)17-23-11-7-10-22(16-23)12-15-28(38-31(42)26-19-25(35)13-14-27(26)36)32(43)39-29(34(44)45)18-21-8-5-4-6-9-21/h4-11,13-14,16-17,19,28-29,44-45H,12,15,18H2,1-3H3,(H,38,42)(H,39,43)(H,40,41)/t28?,29-/m0/s1. The number of halogens is 2. The van der Waals surface area contributed by atoms with Crippen molar-refractivity contribution in [3.8, 4) is 6.07 Å². The second kappa shape index (κ2) is 16.3. The number of carbonyl (C=O) groups excluding carboxylic acids is 3. The molecule has 0 fully saturated rings. The van der Waals surface area contributed by atoms with Crippen LogP contribution < -0.4 is 16.0 Å². The lowest BCUT2D eigenvalue weighted by Crippen LogP contribution is -2.54. The van der Waals surface area contributed by atoms with E-state index in [1.807, 2.05) is 39.0 Å². The monoisotopic (exact) mass is 648 g/mol. The number of nitriles is 1. The maximum Gasteiger partial charge on any atom is 0.475 e. The fourth-order valence-electron chi connectivity index (χ4n) is 4.43. The minimum Gasteiger partial charge on any atom is -0.426 e. The molecule has 234 valence electrons. The largest absolute Gasteiger partial charge is 0.475 e. The molecule has 0 heterocycles. The molecule has 9 nitrogen and oxygen atoms in total. The zero-order chi connectivity index (χ0) is 33.1. The smallest absolute Gasteiger partial charge is 0.426 e. The molecule has 3 aromatic rings. The quantitative estimate of drug-likeness (QED) is 0.112. The highest BCUT2D eigenvalue weighted by Gasteiger charge is 2.30. The number of hydrogen-bond acceptors (Lipinski definition) is 6. The molecule has 3 aromatic carbocycles. The van der Waals surface area contributed by atoms with E-state index in [0.717, 1.165) is 11.1 Å². The molecule has 0 saturated carbocycles. The van der Waals surface area contributed by atoms with Crippen molar-refractivity contribution in [2.75, 3.05) is 0 Å². The minimum absolute atomic E-state index is 0.0583. The Hall–Kier alpha value is -4.14. The minimum atomic E-state index is -1.86. The van der Waals surface area contributed by atoms with Gasteiger partial charge in [0.25, 0.3) is 11.8 Å². The number of rotatable bonds is 12. The summed E-state index contributed by atoms with van der Waals surface area (Å²) in [5, 5.41) is 38.2. The molecular weight excluding hydrogens is 614 g/mol. The molecule has 45 heavy (non-hydrogen) atoms. The predicted octanol–water partition coefficient (Wildman–Crippen LogP) is 4.29. The Morgan fingerprint density at radius 1 is 0.956 bits per heavy atom. The van der Waals surface area contributed by atoms with Gasteiger partial charge < -0.3 is 26.0 Å². The first kappa shape index (κ1) is 35.3. The average Bonchev–Trinajstić information content (AvgIpc) is 2.98. The van der Waals surface area contributed by atoms with Gasteiger partial charge in [-0.2, -0.15) is 5.26 Å². The SMILES string of the molecule is CC(C)(C)NC(=O)C(C#N)=Cc1cccc(CCC(NC(=O)c2cc(Cl)ccc2Cl)C(=O)N[C@@H](Cc2ccccc2)B(O)O)c1. The molecule has 0 aliphatic carbocycles. The van der Waals surface area contributed by atoms with Crippen LogP contribution in [-0.4, -0.2) is 52.4 Å². The second-order valence-corrected chi connectivity index (χ2v) is 12.4. The van der Waals surface area contributed by atoms with Crippen molar-refractivity contribution in [1.82, 2.24) is 16.0 Å². The van der Waals surface area contributed by atoms with Crippen LogP contribution in [0.2, 0.25) is 10.0 Å². The van der Waals surface area contributed by atoms with E-state index in [1.165, 1.54) is 24.3 Å². The van der Waals surface area contributed by atoms with Gasteiger partial charge in [0, 0.05) is 10.6 Å². The van der Waals surface area contributed by atoms with Crippen molar-refractivity contribution in [3.05, 3.63) is 111 Å². The molecule has 0 radical (unpaired) electrons. The molecule has 0 aliphatic rings. The first-order chi connectivity index (χ1) is 21.3. The Kier molecular flexibility index (Phi) is 12.8. The summed E-state index contributed by atoms with van der Waals surface area (Å²) < 4.78 is 0. The van der Waals surface area contributed by atoms with Crippen molar-refractivity contribution in [2.45, 2.75) is 57.6 Å². The van der Waals surface area contributed by atoms with E-state index >= 15 is 0 Å². The zero-order valence-corrected chi connectivity index (χ0v) is 26.7. The molecule has 12 heteroatoms. The Bertz CT molecular complexity index is 1590. The highest BCUT2D eigenvalue weighted by Crippen LogP contribution is 2.21. The van der Waals surface area contributed by atoms with Crippen LogP contribution in [0.1, 0.15) is 54.2 Å².